The van der Waals surface area contributed by atoms with Crippen molar-refractivity contribution in [1.29, 1.82) is 0 Å². The molecule has 0 aromatic heterocycles. The highest BCUT2D eigenvalue weighted by Crippen LogP contribution is 2.36. The molecule has 0 saturated carbocycles. The number of nitrogens with zero attached hydrogens (tertiary/aromatic N) is 1. The lowest BCUT2D eigenvalue weighted by Gasteiger charge is -2.27. The highest BCUT2D eigenvalue weighted by molar-refractivity contribution is 6.18. The first-order chi connectivity index (χ1) is 7.38. The van der Waals surface area contributed by atoms with Gasteiger partial charge < -0.3 is 4.90 Å². The van der Waals surface area contributed by atoms with Crippen LogP contribution >= 0.6 is 11.6 Å². The van der Waals surface area contributed by atoms with Crippen LogP contribution in [-0.2, 0) is 19.3 Å². The van der Waals surface area contributed by atoms with Crippen LogP contribution in [0.1, 0.15) is 23.1 Å². The molecular formula is C13H16ClN. The van der Waals surface area contributed by atoms with Gasteiger partial charge in [0.2, 0.25) is 0 Å². The Labute approximate surface area is 96.0 Å². The Balaban J connectivity index is 2.06. The Hall–Kier alpha value is -0.690. The number of hydrogen-bond acceptors (Lipinski definition) is 1. The van der Waals surface area contributed by atoms with E-state index in [1.165, 1.54) is 37.9 Å². The molecule has 0 unspecified atom stereocenters. The van der Waals surface area contributed by atoms with Gasteiger partial charge in [-0.25, -0.2) is 0 Å². The Bertz CT molecular complexity index is 386. The molecule has 2 aliphatic rings. The van der Waals surface area contributed by atoms with Gasteiger partial charge in [0.25, 0.3) is 0 Å². The topological polar surface area (TPSA) is 3.24 Å². The zero-order valence-corrected chi connectivity index (χ0v) is 9.69. The molecule has 1 aromatic carbocycles. The maximum atomic E-state index is 5.81. The zero-order valence-electron chi connectivity index (χ0n) is 8.93. The van der Waals surface area contributed by atoms with Crippen molar-refractivity contribution in [3.8, 4) is 0 Å². The molecule has 0 bridgehead atoms. The third-order valence-electron chi connectivity index (χ3n) is 3.55. The predicted octanol–water partition coefficient (Wildman–Crippen LogP) is 2.78. The van der Waals surface area contributed by atoms with Gasteiger partial charge in [0.05, 0.1) is 0 Å². The first-order valence-electron chi connectivity index (χ1n) is 5.84. The summed E-state index contributed by atoms with van der Waals surface area (Å²) in [5.74, 6) is 0.738. The summed E-state index contributed by atoms with van der Waals surface area (Å²) in [6.45, 7) is 2.49. The summed E-state index contributed by atoms with van der Waals surface area (Å²) in [7, 11) is 0. The third-order valence-corrected chi connectivity index (χ3v) is 3.74. The SMILES string of the molecule is ClCCc1cc2c3c(c1)CCN3CCC2. The molecule has 3 rings (SSSR count). The van der Waals surface area contributed by atoms with Crippen LogP contribution in [0.2, 0.25) is 0 Å². The Kier molecular flexibility index (Phi) is 2.36. The average Bonchev–Trinajstić information content (AvgIpc) is 2.64. The molecule has 0 radical (unpaired) electrons. The summed E-state index contributed by atoms with van der Waals surface area (Å²) in [5.41, 5.74) is 6.12. The smallest absolute Gasteiger partial charge is 0.0432 e. The van der Waals surface area contributed by atoms with Crippen LogP contribution in [0.15, 0.2) is 12.1 Å². The van der Waals surface area contributed by atoms with E-state index >= 15 is 0 Å². The molecule has 2 heterocycles. The molecule has 0 spiro atoms. The molecule has 0 atom stereocenters. The number of benzene rings is 1. The van der Waals surface area contributed by atoms with Crippen molar-refractivity contribution in [2.45, 2.75) is 25.7 Å². The second kappa shape index (κ2) is 3.71. The molecule has 0 N–H and O–H groups in total. The van der Waals surface area contributed by atoms with Gasteiger partial charge in [-0.1, -0.05) is 12.1 Å². The highest BCUT2D eigenvalue weighted by Gasteiger charge is 2.25. The molecule has 0 aliphatic carbocycles. The van der Waals surface area contributed by atoms with E-state index in [1.54, 1.807) is 16.8 Å². The van der Waals surface area contributed by atoms with E-state index in [0.29, 0.717) is 0 Å². The summed E-state index contributed by atoms with van der Waals surface area (Å²) in [6.07, 6.45) is 4.83. The van der Waals surface area contributed by atoms with E-state index in [9.17, 15) is 0 Å². The van der Waals surface area contributed by atoms with Crippen molar-refractivity contribution in [3.05, 3.63) is 28.8 Å². The summed E-state index contributed by atoms with van der Waals surface area (Å²) >= 11 is 5.81. The van der Waals surface area contributed by atoms with Crippen LogP contribution < -0.4 is 4.90 Å². The monoisotopic (exact) mass is 221 g/mol. The lowest BCUT2D eigenvalue weighted by molar-refractivity contribution is 0.718. The van der Waals surface area contributed by atoms with Crippen molar-refractivity contribution in [1.82, 2.24) is 0 Å². The molecule has 2 heteroatoms. The van der Waals surface area contributed by atoms with Crippen molar-refractivity contribution in [2.75, 3.05) is 23.9 Å². The fourth-order valence-corrected chi connectivity index (χ4v) is 3.14. The molecule has 1 nitrogen and oxygen atoms in total. The second-order valence-electron chi connectivity index (χ2n) is 4.54. The van der Waals surface area contributed by atoms with Crippen LogP contribution in [0.4, 0.5) is 5.69 Å². The van der Waals surface area contributed by atoms with E-state index < -0.39 is 0 Å². The molecule has 0 saturated heterocycles. The summed E-state index contributed by atoms with van der Waals surface area (Å²) in [4.78, 5) is 2.55. The third kappa shape index (κ3) is 1.53. The largest absolute Gasteiger partial charge is 0.371 e. The number of rotatable bonds is 2. The zero-order chi connectivity index (χ0) is 10.3. The van der Waals surface area contributed by atoms with Gasteiger partial charge in [-0.3, -0.25) is 0 Å². The van der Waals surface area contributed by atoms with Crippen LogP contribution in [0.25, 0.3) is 0 Å². The van der Waals surface area contributed by atoms with E-state index in [4.69, 9.17) is 11.6 Å². The van der Waals surface area contributed by atoms with Gasteiger partial charge in [-0.2, -0.15) is 0 Å². The Morgan fingerprint density at radius 1 is 1.13 bits per heavy atom. The summed E-state index contributed by atoms with van der Waals surface area (Å²) in [5, 5.41) is 0. The molecule has 1 aromatic rings. The number of aryl methyl sites for hydroxylation is 2. The lowest BCUT2D eigenvalue weighted by Crippen LogP contribution is -2.26. The van der Waals surface area contributed by atoms with E-state index in [0.717, 1.165) is 12.3 Å². The van der Waals surface area contributed by atoms with Gasteiger partial charge in [-0.05, 0) is 42.4 Å². The number of anilines is 1. The maximum absolute atomic E-state index is 5.81. The first-order valence-corrected chi connectivity index (χ1v) is 6.37. The van der Waals surface area contributed by atoms with Crippen LogP contribution in [0.5, 0.6) is 0 Å². The predicted molar refractivity (Wildman–Crippen MR) is 65.1 cm³/mol. The first kappa shape index (κ1) is 9.53. The van der Waals surface area contributed by atoms with Crippen LogP contribution in [0.3, 0.4) is 0 Å². The van der Waals surface area contributed by atoms with Crippen molar-refractivity contribution < 1.29 is 0 Å². The summed E-state index contributed by atoms with van der Waals surface area (Å²) < 4.78 is 0. The van der Waals surface area contributed by atoms with Crippen LogP contribution in [-0.4, -0.2) is 19.0 Å². The fourth-order valence-electron chi connectivity index (χ4n) is 2.92. The normalized spacial score (nSPS) is 18.1. The van der Waals surface area contributed by atoms with Crippen molar-refractivity contribution in [3.63, 3.8) is 0 Å². The second-order valence-corrected chi connectivity index (χ2v) is 4.92. The number of halogens is 1. The minimum absolute atomic E-state index is 0.738. The van der Waals surface area contributed by atoms with E-state index in [-0.39, 0.29) is 0 Å². The molecule has 15 heavy (non-hydrogen) atoms. The molecule has 0 amide bonds. The number of alkyl halides is 1. The van der Waals surface area contributed by atoms with E-state index in [1.807, 2.05) is 0 Å². The van der Waals surface area contributed by atoms with Gasteiger partial charge in [-0.15, -0.1) is 11.6 Å². The standard InChI is InChI=1S/C13H16ClN/c14-5-3-10-8-11-2-1-6-15-7-4-12(9-10)13(11)15/h8-9H,1-7H2. The van der Waals surface area contributed by atoms with Gasteiger partial charge >= 0.3 is 0 Å². The quantitative estimate of drug-likeness (QED) is 0.695. The Morgan fingerprint density at radius 3 is 2.73 bits per heavy atom. The number of hydrogen-bond donors (Lipinski definition) is 0. The minimum atomic E-state index is 0.738. The average molecular weight is 222 g/mol. The van der Waals surface area contributed by atoms with Gasteiger partial charge in [0.1, 0.15) is 0 Å². The van der Waals surface area contributed by atoms with E-state index in [2.05, 4.69) is 17.0 Å². The van der Waals surface area contributed by atoms with Gasteiger partial charge in [0, 0.05) is 24.7 Å². The highest BCUT2D eigenvalue weighted by atomic mass is 35.5. The maximum Gasteiger partial charge on any atom is 0.0432 e. The molecule has 80 valence electrons. The molecule has 0 fully saturated rings. The lowest BCUT2D eigenvalue weighted by atomic mass is 9.96. The minimum Gasteiger partial charge on any atom is -0.371 e. The van der Waals surface area contributed by atoms with Crippen LogP contribution in [0, 0.1) is 0 Å². The molecule has 2 aliphatic heterocycles. The van der Waals surface area contributed by atoms with Crippen molar-refractivity contribution in [2.24, 2.45) is 0 Å². The Morgan fingerprint density at radius 2 is 1.93 bits per heavy atom. The molecular weight excluding hydrogens is 206 g/mol. The summed E-state index contributed by atoms with van der Waals surface area (Å²) in [6, 6.07) is 4.74. The fraction of sp³-hybridized carbons (Fsp3) is 0.538. The van der Waals surface area contributed by atoms with Gasteiger partial charge in [0.15, 0.2) is 0 Å². The van der Waals surface area contributed by atoms with Crippen molar-refractivity contribution >= 4 is 17.3 Å².